The molecule has 2 heterocycles. The standard InChI is InChI=1S/C15H14N2O3/c1-3-13-12(9(2)20-16-13)8-17-14(18)10-6-4-5-7-11(10)15(17)19/h4-7H,3,8H2,1-2H3. The minimum atomic E-state index is -0.256. The van der Waals surface area contributed by atoms with Crippen molar-refractivity contribution in [3.63, 3.8) is 0 Å². The van der Waals surface area contributed by atoms with Crippen molar-refractivity contribution >= 4 is 11.8 Å². The Morgan fingerprint density at radius 1 is 1.15 bits per heavy atom. The summed E-state index contributed by atoms with van der Waals surface area (Å²) in [6, 6.07) is 6.87. The molecule has 0 saturated heterocycles. The summed E-state index contributed by atoms with van der Waals surface area (Å²) in [5.74, 6) is 0.139. The molecule has 0 unspecified atom stereocenters. The molecule has 1 aromatic heterocycles. The van der Waals surface area contributed by atoms with Gasteiger partial charge in [0, 0.05) is 5.56 Å². The van der Waals surface area contributed by atoms with E-state index in [1.807, 2.05) is 6.92 Å². The molecule has 2 aromatic rings. The molecule has 2 amide bonds. The molecule has 5 heteroatoms. The molecule has 0 atom stereocenters. The highest BCUT2D eigenvalue weighted by molar-refractivity contribution is 6.21. The molecule has 0 aliphatic carbocycles. The highest BCUT2D eigenvalue weighted by Crippen LogP contribution is 2.26. The van der Waals surface area contributed by atoms with E-state index in [0.717, 1.165) is 11.3 Å². The number of imide groups is 1. The quantitative estimate of drug-likeness (QED) is 0.803. The largest absolute Gasteiger partial charge is 0.361 e. The molecule has 0 bridgehead atoms. The van der Waals surface area contributed by atoms with Crippen LogP contribution in [0, 0.1) is 6.92 Å². The number of hydrogen-bond donors (Lipinski definition) is 0. The van der Waals surface area contributed by atoms with Gasteiger partial charge >= 0.3 is 0 Å². The number of carbonyl (C=O) groups excluding carboxylic acids is 2. The molecule has 1 aliphatic rings. The fraction of sp³-hybridized carbons (Fsp3) is 0.267. The molecule has 0 radical (unpaired) electrons. The van der Waals surface area contributed by atoms with Crippen molar-refractivity contribution in [1.82, 2.24) is 10.1 Å². The van der Waals surface area contributed by atoms with Crippen LogP contribution < -0.4 is 0 Å². The van der Waals surface area contributed by atoms with Gasteiger partial charge in [0.05, 0.1) is 23.4 Å². The van der Waals surface area contributed by atoms with Gasteiger partial charge in [0.25, 0.3) is 11.8 Å². The van der Waals surface area contributed by atoms with E-state index in [2.05, 4.69) is 5.16 Å². The first-order valence-corrected chi connectivity index (χ1v) is 6.52. The second kappa shape index (κ2) is 4.59. The molecule has 0 N–H and O–H groups in total. The van der Waals surface area contributed by atoms with Crippen LogP contribution in [0.4, 0.5) is 0 Å². The number of carbonyl (C=O) groups is 2. The summed E-state index contributed by atoms with van der Waals surface area (Å²) in [6.45, 7) is 3.97. The van der Waals surface area contributed by atoms with Crippen LogP contribution in [0.3, 0.4) is 0 Å². The van der Waals surface area contributed by atoms with Crippen molar-refractivity contribution in [3.05, 3.63) is 52.4 Å². The molecule has 5 nitrogen and oxygen atoms in total. The number of rotatable bonds is 3. The van der Waals surface area contributed by atoms with E-state index in [1.54, 1.807) is 31.2 Å². The van der Waals surface area contributed by atoms with Gasteiger partial charge in [-0.1, -0.05) is 24.2 Å². The Kier molecular flexibility index (Phi) is 2.89. The third kappa shape index (κ3) is 1.74. The van der Waals surface area contributed by atoms with Gasteiger partial charge < -0.3 is 4.52 Å². The Hall–Kier alpha value is -2.43. The Bertz CT molecular complexity index is 668. The maximum absolute atomic E-state index is 12.3. The molecular weight excluding hydrogens is 256 g/mol. The summed E-state index contributed by atoms with van der Waals surface area (Å²) < 4.78 is 5.15. The first-order valence-electron chi connectivity index (χ1n) is 6.52. The monoisotopic (exact) mass is 270 g/mol. The number of fused-ring (bicyclic) bond motifs is 1. The highest BCUT2D eigenvalue weighted by atomic mass is 16.5. The SMILES string of the molecule is CCc1noc(C)c1CN1C(=O)c2ccccc2C1=O. The summed E-state index contributed by atoms with van der Waals surface area (Å²) >= 11 is 0. The van der Waals surface area contributed by atoms with Crippen molar-refractivity contribution in [2.24, 2.45) is 0 Å². The van der Waals surface area contributed by atoms with Gasteiger partial charge in [0.1, 0.15) is 5.76 Å². The zero-order chi connectivity index (χ0) is 14.3. The van der Waals surface area contributed by atoms with Crippen molar-refractivity contribution in [3.8, 4) is 0 Å². The van der Waals surface area contributed by atoms with E-state index in [0.29, 0.717) is 23.3 Å². The smallest absolute Gasteiger partial charge is 0.261 e. The first-order chi connectivity index (χ1) is 9.63. The minimum Gasteiger partial charge on any atom is -0.361 e. The van der Waals surface area contributed by atoms with Gasteiger partial charge in [-0.05, 0) is 25.5 Å². The lowest BCUT2D eigenvalue weighted by atomic mass is 10.1. The number of aromatic nitrogens is 1. The van der Waals surface area contributed by atoms with Crippen molar-refractivity contribution in [1.29, 1.82) is 0 Å². The molecule has 102 valence electrons. The van der Waals surface area contributed by atoms with Gasteiger partial charge in [-0.2, -0.15) is 0 Å². The summed E-state index contributed by atoms with van der Waals surface area (Å²) in [6.07, 6.45) is 0.704. The second-order valence-electron chi connectivity index (χ2n) is 4.76. The second-order valence-corrected chi connectivity index (χ2v) is 4.76. The zero-order valence-electron chi connectivity index (χ0n) is 11.3. The average molecular weight is 270 g/mol. The summed E-state index contributed by atoms with van der Waals surface area (Å²) in [4.78, 5) is 25.9. The van der Waals surface area contributed by atoms with E-state index < -0.39 is 0 Å². The van der Waals surface area contributed by atoms with Crippen LogP contribution >= 0.6 is 0 Å². The minimum absolute atomic E-state index is 0.213. The average Bonchev–Trinajstić information content (AvgIpc) is 2.94. The molecule has 0 fully saturated rings. The van der Waals surface area contributed by atoms with Crippen LogP contribution in [0.2, 0.25) is 0 Å². The normalized spacial score (nSPS) is 14.0. The lowest BCUT2D eigenvalue weighted by Crippen LogP contribution is -2.29. The van der Waals surface area contributed by atoms with Crippen molar-refractivity contribution in [2.75, 3.05) is 0 Å². The van der Waals surface area contributed by atoms with Crippen molar-refractivity contribution in [2.45, 2.75) is 26.8 Å². The van der Waals surface area contributed by atoms with Gasteiger partial charge in [-0.3, -0.25) is 14.5 Å². The van der Waals surface area contributed by atoms with E-state index in [4.69, 9.17) is 4.52 Å². The van der Waals surface area contributed by atoms with E-state index in [-0.39, 0.29) is 18.4 Å². The predicted octanol–water partition coefficient (Wildman–Crippen LogP) is 2.34. The Morgan fingerprint density at radius 2 is 1.75 bits per heavy atom. The highest BCUT2D eigenvalue weighted by Gasteiger charge is 2.36. The Morgan fingerprint density at radius 3 is 2.30 bits per heavy atom. The van der Waals surface area contributed by atoms with E-state index in [9.17, 15) is 9.59 Å². The van der Waals surface area contributed by atoms with Crippen LogP contribution in [0.1, 0.15) is 44.7 Å². The molecule has 0 saturated carbocycles. The summed E-state index contributed by atoms with van der Waals surface area (Å²) in [5, 5.41) is 3.95. The lowest BCUT2D eigenvalue weighted by molar-refractivity contribution is 0.0641. The van der Waals surface area contributed by atoms with Crippen LogP contribution in [0.5, 0.6) is 0 Å². The fourth-order valence-electron chi connectivity index (χ4n) is 2.46. The zero-order valence-corrected chi connectivity index (χ0v) is 11.3. The number of nitrogens with zero attached hydrogens (tertiary/aromatic N) is 2. The maximum Gasteiger partial charge on any atom is 0.261 e. The Balaban J connectivity index is 1.96. The third-order valence-corrected chi connectivity index (χ3v) is 3.60. The summed E-state index contributed by atoms with van der Waals surface area (Å²) in [5.41, 5.74) is 2.54. The van der Waals surface area contributed by atoms with Crippen molar-refractivity contribution < 1.29 is 14.1 Å². The third-order valence-electron chi connectivity index (χ3n) is 3.60. The molecule has 1 aromatic carbocycles. The molecular formula is C15H14N2O3. The van der Waals surface area contributed by atoms with E-state index in [1.165, 1.54) is 4.90 Å². The number of hydrogen-bond acceptors (Lipinski definition) is 4. The van der Waals surface area contributed by atoms with Crippen LogP contribution in [0.15, 0.2) is 28.8 Å². The van der Waals surface area contributed by atoms with E-state index >= 15 is 0 Å². The van der Waals surface area contributed by atoms with Gasteiger partial charge in [-0.15, -0.1) is 0 Å². The molecule has 1 aliphatic heterocycles. The predicted molar refractivity (Wildman–Crippen MR) is 71.3 cm³/mol. The fourth-order valence-corrected chi connectivity index (χ4v) is 2.46. The van der Waals surface area contributed by atoms with Gasteiger partial charge in [0.2, 0.25) is 0 Å². The Labute approximate surface area is 116 Å². The summed E-state index contributed by atoms with van der Waals surface area (Å²) in [7, 11) is 0. The molecule has 3 rings (SSSR count). The number of aryl methyl sites for hydroxylation is 2. The van der Waals surface area contributed by atoms with Crippen LogP contribution in [-0.2, 0) is 13.0 Å². The molecule has 0 spiro atoms. The first kappa shape index (κ1) is 12.6. The number of benzene rings is 1. The molecule has 20 heavy (non-hydrogen) atoms. The van der Waals surface area contributed by atoms with Gasteiger partial charge in [0.15, 0.2) is 0 Å². The lowest BCUT2D eigenvalue weighted by Gasteiger charge is -2.13. The topological polar surface area (TPSA) is 63.4 Å². The maximum atomic E-state index is 12.3. The number of amides is 2. The van der Waals surface area contributed by atoms with Gasteiger partial charge in [-0.25, -0.2) is 0 Å². The van der Waals surface area contributed by atoms with Crippen LogP contribution in [-0.4, -0.2) is 21.9 Å². The van der Waals surface area contributed by atoms with Crippen LogP contribution in [0.25, 0.3) is 0 Å².